The molecule has 196 valence electrons. The van der Waals surface area contributed by atoms with Crippen molar-refractivity contribution < 1.29 is 38.2 Å². The van der Waals surface area contributed by atoms with Crippen LogP contribution in [0.4, 0.5) is 0 Å². The summed E-state index contributed by atoms with van der Waals surface area (Å²) in [4.78, 5) is 28.5. The van der Waals surface area contributed by atoms with Crippen molar-refractivity contribution in [1.82, 2.24) is 9.55 Å². The number of aromatic carboxylic acids is 1. The standard InChI is InChI=1S/C23H24N2O4S.CH4O3S.H2O/c1-2-3-6-21-24-14-19(12-18(23(28)29)13-20-5-4-11-30-20)25(21)15-16-7-9-17(10-8-16)22(26)27;1-5(2,3)4;/h4-5,7-12,14H,2-3,6,13,15H2,1H3,(H,26,27)(H,28,29);1H3,(H,2,3,4);1H2/b18-12-;;. The fraction of sp³-hybridized carbons (Fsp3) is 0.292. The minimum Gasteiger partial charge on any atom is -0.478 e. The maximum absolute atomic E-state index is 11.8. The fourth-order valence-corrected chi connectivity index (χ4v) is 3.89. The Morgan fingerprint density at radius 2 is 1.78 bits per heavy atom. The van der Waals surface area contributed by atoms with Crippen molar-refractivity contribution in [1.29, 1.82) is 0 Å². The molecule has 0 radical (unpaired) electrons. The van der Waals surface area contributed by atoms with Gasteiger partial charge in [-0.15, -0.1) is 11.3 Å². The molecular weight excluding hydrogens is 508 g/mol. The Balaban J connectivity index is 0.000000983. The highest BCUT2D eigenvalue weighted by molar-refractivity contribution is 7.85. The van der Waals surface area contributed by atoms with Crippen molar-refractivity contribution in [3.63, 3.8) is 0 Å². The Labute approximate surface area is 213 Å². The summed E-state index contributed by atoms with van der Waals surface area (Å²) in [6, 6.07) is 10.6. The highest BCUT2D eigenvalue weighted by atomic mass is 32.2. The van der Waals surface area contributed by atoms with E-state index in [-0.39, 0.29) is 11.0 Å². The molecule has 2 heterocycles. The van der Waals surface area contributed by atoms with E-state index in [1.54, 1.807) is 36.5 Å². The summed E-state index contributed by atoms with van der Waals surface area (Å²) < 4.78 is 27.9. The number of rotatable bonds is 10. The van der Waals surface area contributed by atoms with Gasteiger partial charge in [0.25, 0.3) is 10.1 Å². The van der Waals surface area contributed by atoms with Gasteiger partial charge in [0.15, 0.2) is 0 Å². The van der Waals surface area contributed by atoms with Crippen molar-refractivity contribution in [2.45, 2.75) is 39.2 Å². The Kier molecular flexibility index (Phi) is 12.2. The van der Waals surface area contributed by atoms with Crippen LogP contribution in [0.3, 0.4) is 0 Å². The summed E-state index contributed by atoms with van der Waals surface area (Å²) in [6.07, 6.45) is 7.29. The topological polar surface area (TPSA) is 178 Å². The zero-order valence-corrected chi connectivity index (χ0v) is 21.6. The number of hydrogen-bond donors (Lipinski definition) is 3. The van der Waals surface area contributed by atoms with Crippen LogP contribution in [0.2, 0.25) is 0 Å². The molecule has 0 unspecified atom stereocenters. The van der Waals surface area contributed by atoms with Crippen LogP contribution in [-0.4, -0.2) is 56.4 Å². The van der Waals surface area contributed by atoms with Crippen LogP contribution in [0.15, 0.2) is 53.5 Å². The van der Waals surface area contributed by atoms with E-state index in [1.807, 2.05) is 22.1 Å². The number of unbranched alkanes of at least 4 members (excludes halogenated alkanes) is 1. The van der Waals surface area contributed by atoms with Crippen LogP contribution in [-0.2, 0) is 34.3 Å². The largest absolute Gasteiger partial charge is 0.478 e. The molecule has 0 fully saturated rings. The summed E-state index contributed by atoms with van der Waals surface area (Å²) in [5.74, 6) is -1.01. The first-order valence-electron chi connectivity index (χ1n) is 10.7. The SMILES string of the molecule is CCCCc1ncc(/C=C(/Cc2cccs2)C(=O)O)n1Cc1ccc(C(=O)O)cc1.CS(=O)(=O)O.O. The van der Waals surface area contributed by atoms with Crippen molar-refractivity contribution in [3.8, 4) is 0 Å². The van der Waals surface area contributed by atoms with Gasteiger partial charge in [-0.05, 0) is 41.6 Å². The number of thiophene rings is 1. The number of aryl methyl sites for hydroxylation is 1. The maximum atomic E-state index is 11.8. The molecular formula is C24H30N2O8S2. The van der Waals surface area contributed by atoms with Crippen LogP contribution in [0.5, 0.6) is 0 Å². The molecule has 1 aromatic carbocycles. The number of aliphatic carboxylic acids is 1. The highest BCUT2D eigenvalue weighted by Crippen LogP contribution is 2.20. The molecule has 10 nitrogen and oxygen atoms in total. The Hall–Kier alpha value is -3.32. The van der Waals surface area contributed by atoms with Gasteiger partial charge in [-0.25, -0.2) is 14.6 Å². The van der Waals surface area contributed by atoms with Crippen LogP contribution >= 0.6 is 11.3 Å². The second-order valence-electron chi connectivity index (χ2n) is 7.75. The van der Waals surface area contributed by atoms with E-state index in [1.165, 1.54) is 11.3 Å². The first-order valence-corrected chi connectivity index (χ1v) is 13.5. The summed E-state index contributed by atoms with van der Waals surface area (Å²) >= 11 is 1.53. The monoisotopic (exact) mass is 538 g/mol. The van der Waals surface area contributed by atoms with Crippen molar-refractivity contribution in [3.05, 3.63) is 81.1 Å². The summed E-state index contributed by atoms with van der Waals surface area (Å²) in [5.41, 5.74) is 2.21. The predicted octanol–water partition coefficient (Wildman–Crippen LogP) is 3.42. The molecule has 3 rings (SSSR count). The lowest BCUT2D eigenvalue weighted by Gasteiger charge is -2.12. The van der Waals surface area contributed by atoms with Gasteiger partial charge in [0.2, 0.25) is 0 Å². The lowest BCUT2D eigenvalue weighted by molar-refractivity contribution is -0.132. The van der Waals surface area contributed by atoms with Crippen LogP contribution in [0.25, 0.3) is 6.08 Å². The molecule has 0 atom stereocenters. The Morgan fingerprint density at radius 3 is 2.28 bits per heavy atom. The molecule has 0 spiro atoms. The van der Waals surface area contributed by atoms with E-state index >= 15 is 0 Å². The number of benzene rings is 1. The molecule has 12 heteroatoms. The van der Waals surface area contributed by atoms with Gasteiger partial charge < -0.3 is 20.3 Å². The number of carboxylic acid groups (broad SMARTS) is 2. The van der Waals surface area contributed by atoms with E-state index < -0.39 is 22.1 Å². The molecule has 0 saturated heterocycles. The molecule has 2 aromatic heterocycles. The summed E-state index contributed by atoms with van der Waals surface area (Å²) in [7, 11) is -3.67. The Morgan fingerprint density at radius 1 is 1.14 bits per heavy atom. The average molecular weight is 539 g/mol. The van der Waals surface area contributed by atoms with E-state index in [2.05, 4.69) is 11.9 Å². The van der Waals surface area contributed by atoms with Crippen molar-refractivity contribution >= 4 is 39.5 Å². The summed E-state index contributed by atoms with van der Waals surface area (Å²) in [6.45, 7) is 2.61. The average Bonchev–Trinajstić information content (AvgIpc) is 3.41. The van der Waals surface area contributed by atoms with E-state index in [4.69, 9.17) is 9.66 Å². The zero-order valence-electron chi connectivity index (χ0n) is 19.9. The predicted molar refractivity (Wildman–Crippen MR) is 138 cm³/mol. The molecule has 3 aromatic rings. The van der Waals surface area contributed by atoms with Crippen LogP contribution in [0.1, 0.15) is 52.1 Å². The van der Waals surface area contributed by atoms with Gasteiger partial charge in [0.05, 0.1) is 23.7 Å². The van der Waals surface area contributed by atoms with Crippen LogP contribution < -0.4 is 0 Å². The van der Waals surface area contributed by atoms with Gasteiger partial charge in [-0.2, -0.15) is 8.42 Å². The minimum absolute atomic E-state index is 0. The number of carboxylic acids is 2. The normalized spacial score (nSPS) is 11.2. The minimum atomic E-state index is -3.67. The van der Waals surface area contributed by atoms with Crippen LogP contribution in [0, 0.1) is 0 Å². The Bertz CT molecular complexity index is 1250. The molecule has 0 aliphatic heterocycles. The molecule has 0 bridgehead atoms. The quantitative estimate of drug-likeness (QED) is 0.259. The molecule has 0 amide bonds. The molecule has 0 aliphatic carbocycles. The molecule has 0 aliphatic rings. The molecule has 36 heavy (non-hydrogen) atoms. The molecule has 0 saturated carbocycles. The van der Waals surface area contributed by atoms with Crippen molar-refractivity contribution in [2.75, 3.05) is 6.26 Å². The fourth-order valence-electron chi connectivity index (χ4n) is 3.16. The van der Waals surface area contributed by atoms with Gasteiger partial charge in [-0.1, -0.05) is 31.5 Å². The van der Waals surface area contributed by atoms with E-state index in [0.717, 1.165) is 41.2 Å². The zero-order chi connectivity index (χ0) is 26.0. The van der Waals surface area contributed by atoms with Gasteiger partial charge in [-0.3, -0.25) is 4.55 Å². The van der Waals surface area contributed by atoms with Gasteiger partial charge >= 0.3 is 11.9 Å². The summed E-state index contributed by atoms with van der Waals surface area (Å²) in [5, 5.41) is 20.7. The van der Waals surface area contributed by atoms with Gasteiger partial charge in [0.1, 0.15) is 5.82 Å². The third-order valence-electron chi connectivity index (χ3n) is 4.81. The number of aromatic nitrogens is 2. The first-order chi connectivity index (χ1) is 16.5. The second kappa shape index (κ2) is 14.3. The lowest BCUT2D eigenvalue weighted by atomic mass is 10.1. The third-order valence-corrected chi connectivity index (χ3v) is 5.68. The highest BCUT2D eigenvalue weighted by Gasteiger charge is 2.14. The molecule has 5 N–H and O–H groups in total. The third kappa shape index (κ3) is 10.5. The lowest BCUT2D eigenvalue weighted by Crippen LogP contribution is -2.09. The van der Waals surface area contributed by atoms with Crippen molar-refractivity contribution in [2.24, 2.45) is 0 Å². The van der Waals surface area contributed by atoms with Gasteiger partial charge in [0, 0.05) is 29.8 Å². The van der Waals surface area contributed by atoms with E-state index in [0.29, 0.717) is 24.8 Å². The number of nitrogens with zero attached hydrogens (tertiary/aromatic N) is 2. The number of carbonyl (C=O) groups is 2. The number of imidazole rings is 1. The maximum Gasteiger partial charge on any atom is 0.335 e. The van der Waals surface area contributed by atoms with E-state index in [9.17, 15) is 23.1 Å². The first kappa shape index (κ1) is 30.7. The number of hydrogen-bond acceptors (Lipinski definition) is 6. The second-order valence-corrected chi connectivity index (χ2v) is 10.3. The smallest absolute Gasteiger partial charge is 0.335 e.